The Morgan fingerprint density at radius 1 is 1.23 bits per heavy atom. The van der Waals surface area contributed by atoms with Crippen LogP contribution in [0.5, 0.6) is 11.5 Å². The van der Waals surface area contributed by atoms with Crippen molar-refractivity contribution in [3.8, 4) is 11.5 Å². The number of para-hydroxylation sites is 1. The number of rotatable bonds is 6. The largest absolute Gasteiger partial charge is 0.504 e. The monoisotopic (exact) mass is 319 g/mol. The molecule has 2 aromatic carbocycles. The van der Waals surface area contributed by atoms with Crippen LogP contribution in [0.15, 0.2) is 47.5 Å². The molecule has 0 spiro atoms. The van der Waals surface area contributed by atoms with Gasteiger partial charge in [0.05, 0.1) is 19.3 Å². The lowest BCUT2D eigenvalue weighted by Crippen LogP contribution is -2.02. The van der Waals surface area contributed by atoms with E-state index < -0.39 is 6.10 Å². The Bertz CT molecular complexity index is 658. The minimum Gasteiger partial charge on any atom is -0.504 e. The van der Waals surface area contributed by atoms with Gasteiger partial charge in [0.25, 0.3) is 0 Å². The average molecular weight is 320 g/mol. The summed E-state index contributed by atoms with van der Waals surface area (Å²) >= 11 is 6.03. The van der Waals surface area contributed by atoms with Gasteiger partial charge < -0.3 is 14.9 Å². The van der Waals surface area contributed by atoms with Gasteiger partial charge in [0, 0.05) is 22.4 Å². The van der Waals surface area contributed by atoms with Gasteiger partial charge >= 0.3 is 0 Å². The molecule has 22 heavy (non-hydrogen) atoms. The lowest BCUT2D eigenvalue weighted by molar-refractivity contribution is 0.187. The molecule has 0 saturated carbocycles. The summed E-state index contributed by atoms with van der Waals surface area (Å²) in [5.41, 5.74) is 1.17. The van der Waals surface area contributed by atoms with E-state index in [4.69, 9.17) is 16.3 Å². The molecule has 0 aliphatic rings. The molecule has 0 saturated heterocycles. The maximum atomic E-state index is 10.1. The molecular weight excluding hydrogens is 302 g/mol. The molecule has 2 rings (SSSR count). The van der Waals surface area contributed by atoms with Crippen LogP contribution in [-0.2, 0) is 0 Å². The molecule has 1 unspecified atom stereocenters. The van der Waals surface area contributed by atoms with Gasteiger partial charge in [-0.15, -0.1) is 0 Å². The van der Waals surface area contributed by atoms with Crippen molar-refractivity contribution >= 4 is 17.8 Å². The molecule has 1 atom stereocenters. The lowest BCUT2D eigenvalue weighted by atomic mass is 10.1. The number of hydrogen-bond donors (Lipinski definition) is 2. The Labute approximate surface area is 134 Å². The summed E-state index contributed by atoms with van der Waals surface area (Å²) < 4.78 is 5.31. The van der Waals surface area contributed by atoms with Crippen LogP contribution in [0.25, 0.3) is 0 Å². The Kier molecular flexibility index (Phi) is 5.81. The number of phenolic OH excluding ortho intramolecular Hbond substituents is 1. The second-order valence-electron chi connectivity index (χ2n) is 4.66. The van der Waals surface area contributed by atoms with Crippen LogP contribution >= 0.6 is 11.6 Å². The summed E-state index contributed by atoms with van der Waals surface area (Å²) in [4.78, 5) is 4.17. The number of nitrogens with zero attached hydrogens (tertiary/aromatic N) is 1. The smallest absolute Gasteiger partial charge is 0.166 e. The van der Waals surface area contributed by atoms with E-state index in [1.807, 2.05) is 13.0 Å². The molecule has 0 heterocycles. The molecule has 0 aliphatic heterocycles. The maximum absolute atomic E-state index is 10.1. The number of hydrogen-bond acceptors (Lipinski definition) is 4. The Morgan fingerprint density at radius 2 is 2.00 bits per heavy atom. The number of aliphatic hydroxyl groups excluding tert-OH is 1. The fraction of sp³-hybridized carbons (Fsp3) is 0.235. The highest BCUT2D eigenvalue weighted by Crippen LogP contribution is 2.28. The van der Waals surface area contributed by atoms with Gasteiger partial charge in [-0.3, -0.25) is 4.99 Å². The zero-order valence-corrected chi connectivity index (χ0v) is 13.0. The van der Waals surface area contributed by atoms with Gasteiger partial charge in [-0.05, 0) is 25.1 Å². The van der Waals surface area contributed by atoms with Crippen LogP contribution < -0.4 is 4.74 Å². The molecule has 0 radical (unpaired) electrons. The van der Waals surface area contributed by atoms with Crippen molar-refractivity contribution in [2.45, 2.75) is 13.0 Å². The molecule has 116 valence electrons. The Hall–Kier alpha value is -2.04. The van der Waals surface area contributed by atoms with Gasteiger partial charge in [0.1, 0.15) is 0 Å². The summed E-state index contributed by atoms with van der Waals surface area (Å²) in [6.45, 7) is 2.47. The Morgan fingerprint density at radius 3 is 2.73 bits per heavy atom. The van der Waals surface area contributed by atoms with E-state index in [1.54, 1.807) is 36.4 Å². The van der Waals surface area contributed by atoms with E-state index in [1.165, 1.54) is 6.21 Å². The Balaban J connectivity index is 2.07. The SMILES string of the molecule is CCOc1cccc(C=NCC(O)c2ccccc2Cl)c1O. The van der Waals surface area contributed by atoms with Crippen LogP contribution in [0.2, 0.25) is 5.02 Å². The van der Waals surface area contributed by atoms with Gasteiger partial charge in [-0.25, -0.2) is 0 Å². The number of ether oxygens (including phenoxy) is 1. The van der Waals surface area contributed by atoms with E-state index in [0.29, 0.717) is 28.5 Å². The normalized spacial score (nSPS) is 12.5. The molecule has 5 heteroatoms. The van der Waals surface area contributed by atoms with Gasteiger partial charge in [0.2, 0.25) is 0 Å². The van der Waals surface area contributed by atoms with Crippen molar-refractivity contribution in [1.82, 2.24) is 0 Å². The molecule has 4 nitrogen and oxygen atoms in total. The van der Waals surface area contributed by atoms with E-state index in [9.17, 15) is 10.2 Å². The fourth-order valence-corrected chi connectivity index (χ4v) is 2.27. The topological polar surface area (TPSA) is 62.0 Å². The quantitative estimate of drug-likeness (QED) is 0.800. The van der Waals surface area contributed by atoms with Gasteiger partial charge in [-0.2, -0.15) is 0 Å². The van der Waals surface area contributed by atoms with Crippen molar-refractivity contribution in [2.24, 2.45) is 4.99 Å². The molecule has 2 aromatic rings. The van der Waals surface area contributed by atoms with Gasteiger partial charge in [-0.1, -0.05) is 35.9 Å². The maximum Gasteiger partial charge on any atom is 0.166 e. The highest BCUT2D eigenvalue weighted by molar-refractivity contribution is 6.31. The number of aliphatic hydroxyl groups is 1. The second kappa shape index (κ2) is 7.82. The first-order valence-electron chi connectivity index (χ1n) is 7.00. The molecule has 0 fully saturated rings. The van der Waals surface area contributed by atoms with Gasteiger partial charge in [0.15, 0.2) is 11.5 Å². The van der Waals surface area contributed by atoms with Crippen LogP contribution in [0.3, 0.4) is 0 Å². The third-order valence-corrected chi connectivity index (χ3v) is 3.45. The van der Waals surface area contributed by atoms with Crippen molar-refractivity contribution in [1.29, 1.82) is 0 Å². The fourth-order valence-electron chi connectivity index (χ4n) is 2.01. The van der Waals surface area contributed by atoms with Crippen LogP contribution in [0, 0.1) is 0 Å². The van der Waals surface area contributed by atoms with Crippen molar-refractivity contribution in [2.75, 3.05) is 13.2 Å². The standard InChI is InChI=1S/C17H18ClNO3/c1-2-22-16-9-5-6-12(17(16)21)10-19-11-15(20)13-7-3-4-8-14(13)18/h3-10,15,20-21H,2,11H2,1H3. The summed E-state index contributed by atoms with van der Waals surface area (Å²) in [6, 6.07) is 12.3. The van der Waals surface area contributed by atoms with E-state index >= 15 is 0 Å². The van der Waals surface area contributed by atoms with E-state index in [-0.39, 0.29) is 12.3 Å². The summed E-state index contributed by atoms with van der Waals surface area (Å²) in [5.74, 6) is 0.457. The summed E-state index contributed by atoms with van der Waals surface area (Å²) in [5, 5.41) is 20.7. The highest BCUT2D eigenvalue weighted by atomic mass is 35.5. The second-order valence-corrected chi connectivity index (χ2v) is 5.07. The first-order chi connectivity index (χ1) is 10.6. The van der Waals surface area contributed by atoms with Crippen molar-refractivity contribution < 1.29 is 14.9 Å². The number of aromatic hydroxyl groups is 1. The highest BCUT2D eigenvalue weighted by Gasteiger charge is 2.10. The average Bonchev–Trinajstić information content (AvgIpc) is 2.51. The molecule has 0 aliphatic carbocycles. The van der Waals surface area contributed by atoms with Crippen LogP contribution in [-0.4, -0.2) is 29.6 Å². The van der Waals surface area contributed by atoms with Crippen molar-refractivity contribution in [3.05, 3.63) is 58.6 Å². The predicted molar refractivity (Wildman–Crippen MR) is 88.1 cm³/mol. The first kappa shape index (κ1) is 16.3. The molecule has 2 N–H and O–H groups in total. The summed E-state index contributed by atoms with van der Waals surface area (Å²) in [7, 11) is 0. The van der Waals surface area contributed by atoms with Crippen molar-refractivity contribution in [3.63, 3.8) is 0 Å². The van der Waals surface area contributed by atoms with E-state index in [0.717, 1.165) is 0 Å². The molecule has 0 bridgehead atoms. The predicted octanol–water partition coefficient (Wildman–Crippen LogP) is 3.60. The zero-order valence-electron chi connectivity index (χ0n) is 12.2. The number of benzene rings is 2. The van der Waals surface area contributed by atoms with Crippen LogP contribution in [0.4, 0.5) is 0 Å². The minimum absolute atomic E-state index is 0.0420. The lowest BCUT2D eigenvalue weighted by Gasteiger charge is -2.10. The number of phenols is 1. The van der Waals surface area contributed by atoms with E-state index in [2.05, 4.69) is 4.99 Å². The zero-order chi connectivity index (χ0) is 15.9. The number of aliphatic imine (C=N–C) groups is 1. The summed E-state index contributed by atoms with van der Waals surface area (Å²) in [6.07, 6.45) is 0.722. The molecule has 0 aromatic heterocycles. The first-order valence-corrected chi connectivity index (χ1v) is 7.38. The van der Waals surface area contributed by atoms with Crippen LogP contribution in [0.1, 0.15) is 24.2 Å². The number of halogens is 1. The third-order valence-electron chi connectivity index (χ3n) is 3.10. The minimum atomic E-state index is -0.790. The molecular formula is C17H18ClNO3. The molecule has 0 amide bonds. The third kappa shape index (κ3) is 4.00.